The van der Waals surface area contributed by atoms with Gasteiger partial charge in [-0.05, 0) is 134 Å². The number of hydrogen-bond acceptors (Lipinski definition) is 3. The van der Waals surface area contributed by atoms with E-state index in [9.17, 15) is 0 Å². The van der Waals surface area contributed by atoms with Crippen molar-refractivity contribution in [1.82, 2.24) is 0 Å². The minimum absolute atomic E-state index is 0.103. The Morgan fingerprint density at radius 2 is 1.26 bits per heavy atom. The molecule has 13 rings (SSSR count). The van der Waals surface area contributed by atoms with E-state index in [0.29, 0.717) is 0 Å². The lowest BCUT2D eigenvalue weighted by Crippen LogP contribution is -2.47. The topological polar surface area (TPSA) is 15.3 Å². The molecule has 66 heavy (non-hydrogen) atoms. The summed E-state index contributed by atoms with van der Waals surface area (Å²) in [5.41, 5.74) is 23.5. The van der Waals surface area contributed by atoms with Crippen molar-refractivity contribution in [3.63, 3.8) is 0 Å². The number of anilines is 5. The molecule has 2 aliphatic heterocycles. The minimum atomic E-state index is -0.445. The number of fused-ring (bicyclic) bond motifs is 15. The number of aryl methyl sites for hydroxylation is 1. The van der Waals surface area contributed by atoms with Crippen molar-refractivity contribution in [3.05, 3.63) is 197 Å². The Bertz CT molecular complexity index is 3430. The normalized spacial score (nSPS) is 16.2. The number of hydrogen-bond donors (Lipinski definition) is 1. The summed E-state index contributed by atoms with van der Waals surface area (Å²) in [6.07, 6.45) is 6.98. The molecule has 0 atom stereocenters. The second-order valence-corrected chi connectivity index (χ2v) is 21.8. The van der Waals surface area contributed by atoms with Gasteiger partial charge in [-0.15, -0.1) is 11.3 Å². The first-order valence-corrected chi connectivity index (χ1v) is 25.1. The molecule has 3 heterocycles. The molecule has 0 fully saturated rings. The van der Waals surface area contributed by atoms with Crippen LogP contribution in [0.25, 0.3) is 42.4 Å². The highest BCUT2D eigenvalue weighted by Gasteiger charge is 2.53. The summed E-state index contributed by atoms with van der Waals surface area (Å²) in [4.78, 5) is 2.65. The molecule has 0 saturated carbocycles. The second-order valence-electron chi connectivity index (χ2n) is 20.7. The van der Waals surface area contributed by atoms with Crippen molar-refractivity contribution < 1.29 is 0 Å². The molecule has 8 aromatic carbocycles. The Labute approximate surface area is 394 Å². The number of unbranched alkanes of at least 4 members (excludes halogenated alkanes) is 2. The number of thiophene rings is 1. The predicted octanol–water partition coefficient (Wildman–Crippen LogP) is 15.7. The molecule has 9 aromatic rings. The van der Waals surface area contributed by atoms with Gasteiger partial charge in [0, 0.05) is 42.8 Å². The van der Waals surface area contributed by atoms with Crippen LogP contribution in [0.4, 0.5) is 28.4 Å². The minimum Gasteiger partial charge on any atom is -0.354 e. The molecule has 0 saturated heterocycles. The van der Waals surface area contributed by atoms with Crippen molar-refractivity contribution in [2.24, 2.45) is 0 Å². The summed E-state index contributed by atoms with van der Waals surface area (Å²) >= 11 is 1.90. The zero-order valence-electron chi connectivity index (χ0n) is 38.7. The molecule has 0 bridgehead atoms. The number of rotatable bonds is 7. The number of nitrogens with zero attached hydrogens (tertiary/aromatic N) is 1. The summed E-state index contributed by atoms with van der Waals surface area (Å²) < 4.78 is 2.62. The smallest absolute Gasteiger partial charge is 0.197 e. The van der Waals surface area contributed by atoms with Gasteiger partial charge in [0.1, 0.15) is 0 Å². The molecule has 0 unspecified atom stereocenters. The monoisotopic (exact) mass is 869 g/mol. The summed E-state index contributed by atoms with van der Waals surface area (Å²) in [6.45, 7) is 12.0. The van der Waals surface area contributed by atoms with Crippen LogP contribution in [0.5, 0.6) is 0 Å². The number of benzene rings is 8. The average Bonchev–Trinajstić information content (AvgIpc) is 3.86. The van der Waals surface area contributed by atoms with Crippen molar-refractivity contribution in [2.45, 2.75) is 89.4 Å². The van der Waals surface area contributed by atoms with E-state index in [4.69, 9.17) is 0 Å². The van der Waals surface area contributed by atoms with E-state index in [0.717, 1.165) is 18.5 Å². The van der Waals surface area contributed by atoms with Crippen molar-refractivity contribution in [1.29, 1.82) is 0 Å². The van der Waals surface area contributed by atoms with E-state index >= 15 is 0 Å². The summed E-state index contributed by atoms with van der Waals surface area (Å²) in [7, 11) is 2.52. The molecule has 1 N–H and O–H groups in total. The van der Waals surface area contributed by atoms with Gasteiger partial charge in [-0.2, -0.15) is 0 Å². The Kier molecular flexibility index (Phi) is 8.82. The summed E-state index contributed by atoms with van der Waals surface area (Å²) in [5, 5.41) is 6.81. The standard InChI is InChI=1S/C62H54BN2S/c1-6-7-8-18-38-35-44(42-30-32-55-56(43-21-11-16-28-54(43)66-55)58(42)64-39-29-31-47-50(37-39)61(4,5)34-33-60(47,2)3)57-53(36-38)65-52-27-15-14-24-48(52)62(49-25-17-26-51(63-57)59(49)65)45-22-12-9-19-40(45)41-20-10-13-23-46(41)62/h9-17,19-32,35-37,64H,6-8,18,33-34H2,1-5H3. The lowest BCUT2D eigenvalue weighted by Gasteiger charge is -2.48. The maximum Gasteiger partial charge on any atom is 0.197 e. The van der Waals surface area contributed by atoms with E-state index in [-0.39, 0.29) is 10.8 Å². The Balaban J connectivity index is 1.07. The predicted molar refractivity (Wildman–Crippen MR) is 284 cm³/mol. The fraction of sp³-hybridized carbons (Fsp3) is 0.226. The highest BCUT2D eigenvalue weighted by atomic mass is 32.1. The van der Waals surface area contributed by atoms with Gasteiger partial charge in [-0.1, -0.05) is 174 Å². The van der Waals surface area contributed by atoms with Gasteiger partial charge in [0.2, 0.25) is 0 Å². The number of nitrogens with one attached hydrogen (secondary N) is 1. The molecule has 4 heteroatoms. The van der Waals surface area contributed by atoms with Gasteiger partial charge in [0.05, 0.1) is 16.8 Å². The number of para-hydroxylation sites is 2. The first-order valence-electron chi connectivity index (χ1n) is 24.3. The Morgan fingerprint density at radius 1 is 0.561 bits per heavy atom. The highest BCUT2D eigenvalue weighted by molar-refractivity contribution is 7.26. The van der Waals surface area contributed by atoms with Crippen molar-refractivity contribution in [3.8, 4) is 22.3 Å². The molecule has 4 aliphatic rings. The molecule has 321 valence electrons. The van der Waals surface area contributed by atoms with Gasteiger partial charge in [0.15, 0.2) is 7.28 Å². The summed E-state index contributed by atoms with van der Waals surface area (Å²) in [6, 6.07) is 60.8. The van der Waals surface area contributed by atoms with Crippen LogP contribution in [0.1, 0.15) is 106 Å². The van der Waals surface area contributed by atoms with Crippen LogP contribution in [-0.4, -0.2) is 7.28 Å². The summed E-state index contributed by atoms with van der Waals surface area (Å²) in [5.74, 6) is 0. The van der Waals surface area contributed by atoms with E-state index in [1.807, 2.05) is 11.3 Å². The zero-order chi connectivity index (χ0) is 44.5. The third-order valence-corrected chi connectivity index (χ3v) is 17.1. The van der Waals surface area contributed by atoms with Crippen molar-refractivity contribution >= 4 is 78.2 Å². The molecule has 0 amide bonds. The molecular formula is C62H54BN2S. The van der Waals surface area contributed by atoms with Gasteiger partial charge in [-0.25, -0.2) is 0 Å². The van der Waals surface area contributed by atoms with Gasteiger partial charge < -0.3 is 10.2 Å². The van der Waals surface area contributed by atoms with E-state index in [1.165, 1.54) is 141 Å². The van der Waals surface area contributed by atoms with Crippen LogP contribution in [-0.2, 0) is 22.7 Å². The Morgan fingerprint density at radius 3 is 2.05 bits per heavy atom. The van der Waals surface area contributed by atoms with Crippen LogP contribution in [0.3, 0.4) is 0 Å². The maximum absolute atomic E-state index is 4.20. The fourth-order valence-corrected chi connectivity index (χ4v) is 13.8. The highest BCUT2D eigenvalue weighted by Crippen LogP contribution is 2.63. The largest absolute Gasteiger partial charge is 0.354 e. The van der Waals surface area contributed by atoms with E-state index in [2.05, 4.69) is 210 Å². The maximum atomic E-state index is 4.20. The van der Waals surface area contributed by atoms with Gasteiger partial charge in [0.25, 0.3) is 0 Å². The zero-order valence-corrected chi connectivity index (χ0v) is 39.5. The van der Waals surface area contributed by atoms with Gasteiger partial charge in [-0.3, -0.25) is 0 Å². The van der Waals surface area contributed by atoms with Gasteiger partial charge >= 0.3 is 0 Å². The molecule has 1 spiro atoms. The lowest BCUT2D eigenvalue weighted by molar-refractivity contribution is 0.332. The third kappa shape index (κ3) is 5.61. The van der Waals surface area contributed by atoms with Crippen LogP contribution in [0, 0.1) is 0 Å². The molecule has 2 aliphatic carbocycles. The van der Waals surface area contributed by atoms with Crippen LogP contribution in [0.2, 0.25) is 0 Å². The first-order chi connectivity index (χ1) is 32.2. The third-order valence-electron chi connectivity index (χ3n) is 16.0. The second kappa shape index (κ2) is 14.6. The average molecular weight is 870 g/mol. The van der Waals surface area contributed by atoms with E-state index in [1.54, 1.807) is 0 Å². The van der Waals surface area contributed by atoms with E-state index < -0.39 is 5.41 Å². The molecule has 1 radical (unpaired) electrons. The molecule has 1 aromatic heterocycles. The Hall–Kier alpha value is -6.36. The lowest BCUT2D eigenvalue weighted by atomic mass is 9.54. The molecule has 2 nitrogen and oxygen atoms in total. The van der Waals surface area contributed by atoms with Crippen molar-refractivity contribution in [2.75, 3.05) is 10.2 Å². The quantitative estimate of drug-likeness (QED) is 0.127. The first kappa shape index (κ1) is 40.0. The fourth-order valence-electron chi connectivity index (χ4n) is 12.7. The van der Waals surface area contributed by atoms with Crippen LogP contribution >= 0.6 is 11.3 Å². The van der Waals surface area contributed by atoms with Crippen LogP contribution < -0.4 is 21.1 Å². The SMILES string of the molecule is CCCCCc1cc(-c2ccc3sc4ccccc4c3c2Nc2ccc3c(c2)C(C)(C)CCC3(C)C)c2c(c1)N1c3ccccc3C3(c4ccccc4-c4ccccc43)c3cccc(c31)[B]2. The molecular weight excluding hydrogens is 816 g/mol. The van der Waals surface area contributed by atoms with Crippen LogP contribution in [0.15, 0.2) is 158 Å².